The molecule has 0 aliphatic carbocycles. The van der Waals surface area contributed by atoms with E-state index in [4.69, 9.17) is 0 Å². The Kier molecular flexibility index (Phi) is 4.56. The molecular formula is C43H35NO2Si2. The molecule has 0 spiro atoms. The van der Waals surface area contributed by atoms with Crippen molar-refractivity contribution in [3.05, 3.63) is 81.4 Å². The van der Waals surface area contributed by atoms with Gasteiger partial charge in [-0.2, -0.15) is 0 Å². The van der Waals surface area contributed by atoms with Crippen LogP contribution in [0.5, 0.6) is 0 Å². The van der Waals surface area contributed by atoms with Gasteiger partial charge >= 0.3 is 0 Å². The molecule has 3 nitrogen and oxygen atoms in total. The molecule has 0 saturated heterocycles. The molecule has 0 N–H and O–H groups in total. The molecular weight excluding hydrogens is 619 g/mol. The second-order valence-corrected chi connectivity index (χ2v) is 27.1. The summed E-state index contributed by atoms with van der Waals surface area (Å²) in [5.74, 6) is 0. The van der Waals surface area contributed by atoms with Crippen molar-refractivity contribution < 1.29 is 0 Å². The molecule has 10 aromatic carbocycles. The zero-order valence-corrected chi connectivity index (χ0v) is 30.6. The van der Waals surface area contributed by atoms with Crippen LogP contribution >= 0.6 is 0 Å². The highest BCUT2D eigenvalue weighted by molar-refractivity contribution is 6.89. The molecule has 0 unspecified atom stereocenters. The first-order valence-electron chi connectivity index (χ1n) is 17.3. The summed E-state index contributed by atoms with van der Waals surface area (Å²) in [6, 6.07) is 23.4. The zero-order chi connectivity index (χ0) is 33.1. The van der Waals surface area contributed by atoms with E-state index in [-0.39, 0.29) is 17.2 Å². The minimum absolute atomic E-state index is 0.161. The van der Waals surface area contributed by atoms with Gasteiger partial charge < -0.3 is 0 Å². The third kappa shape index (κ3) is 2.87. The van der Waals surface area contributed by atoms with Crippen molar-refractivity contribution in [2.45, 2.75) is 59.2 Å². The lowest BCUT2D eigenvalue weighted by Gasteiger charge is -2.16. The Morgan fingerprint density at radius 2 is 0.833 bits per heavy atom. The first-order valence-corrected chi connectivity index (χ1v) is 24.3. The standard InChI is InChI=1S/C43H35NO2Si2/c1-19(2)44-42(45)38-31-17-29-23-11-9-21(47(3,4)5)15-25(23)27-13-20-14-28-26-16-22(48(6,7)8)10-12-24(26)30-18-32(39(38)43(44)46)37-36(31)40(34(27)29)33(20)41(37)35(28)30/h9-19H,1-8H3. The van der Waals surface area contributed by atoms with E-state index in [2.05, 4.69) is 99.9 Å². The average Bonchev–Trinajstić information content (AvgIpc) is 3.72. The SMILES string of the molecule is CC(C)n1c(=O)c2c3cc4c5ccc([Si](C)(C)C)cc5c5cc6cc7c8cc([Si](C)(C)C)ccc8c8cc(c2c1=O)c1c3c(c54)c6c1c78. The second-order valence-electron chi connectivity index (χ2n) is 17.0. The highest BCUT2D eigenvalue weighted by Gasteiger charge is 2.32. The van der Waals surface area contributed by atoms with Crippen LogP contribution in [-0.4, -0.2) is 20.7 Å². The lowest BCUT2D eigenvalue weighted by atomic mass is 9.93. The summed E-state index contributed by atoms with van der Waals surface area (Å²) in [4.78, 5) is 28.8. The molecule has 0 bridgehead atoms. The van der Waals surface area contributed by atoms with E-state index < -0.39 is 16.1 Å². The van der Waals surface area contributed by atoms with Gasteiger partial charge in [0.25, 0.3) is 11.1 Å². The van der Waals surface area contributed by atoms with Crippen LogP contribution in [0.1, 0.15) is 19.9 Å². The highest BCUT2D eigenvalue weighted by Crippen LogP contribution is 2.57. The average molecular weight is 654 g/mol. The molecule has 1 aromatic heterocycles. The van der Waals surface area contributed by atoms with Crippen LogP contribution in [0.2, 0.25) is 39.3 Å². The number of fused-ring (bicyclic) bond motifs is 9. The predicted octanol–water partition coefficient (Wildman–Crippen LogP) is 10.0. The van der Waals surface area contributed by atoms with Crippen molar-refractivity contribution in [1.29, 1.82) is 0 Å². The van der Waals surface area contributed by atoms with Crippen molar-refractivity contribution in [3.8, 4) is 0 Å². The molecule has 0 aliphatic heterocycles. The fraction of sp³-hybridized carbons (Fsp3) is 0.209. The topological polar surface area (TPSA) is 39.1 Å². The van der Waals surface area contributed by atoms with Gasteiger partial charge in [0.15, 0.2) is 0 Å². The Hall–Kier alpha value is -4.59. The summed E-state index contributed by atoms with van der Waals surface area (Å²) in [7, 11) is -3.15. The second kappa shape index (κ2) is 7.99. The molecule has 11 rings (SSSR count). The minimum Gasteiger partial charge on any atom is -0.272 e. The normalized spacial score (nSPS) is 14.2. The number of hydrogen-bond acceptors (Lipinski definition) is 2. The maximum atomic E-state index is 14.4. The summed E-state index contributed by atoms with van der Waals surface area (Å²) in [6.45, 7) is 18.4. The van der Waals surface area contributed by atoms with Gasteiger partial charge in [0, 0.05) is 6.04 Å². The van der Waals surface area contributed by atoms with Gasteiger partial charge in [-0.15, -0.1) is 0 Å². The summed E-state index contributed by atoms with van der Waals surface area (Å²) in [6.07, 6.45) is 0. The van der Waals surface area contributed by atoms with Crippen molar-refractivity contribution in [2.75, 3.05) is 0 Å². The van der Waals surface area contributed by atoms with Gasteiger partial charge in [0.1, 0.15) is 0 Å². The van der Waals surface area contributed by atoms with Crippen molar-refractivity contribution in [3.63, 3.8) is 0 Å². The summed E-state index contributed by atoms with van der Waals surface area (Å²) >= 11 is 0. The molecule has 0 radical (unpaired) electrons. The van der Waals surface area contributed by atoms with Crippen LogP contribution in [0, 0.1) is 0 Å². The van der Waals surface area contributed by atoms with E-state index >= 15 is 0 Å². The van der Waals surface area contributed by atoms with E-state index in [1.54, 1.807) is 0 Å². The van der Waals surface area contributed by atoms with Gasteiger partial charge in [-0.1, -0.05) is 86.1 Å². The van der Waals surface area contributed by atoms with Crippen LogP contribution in [-0.2, 0) is 0 Å². The first-order chi connectivity index (χ1) is 22.8. The minimum atomic E-state index is -1.57. The van der Waals surface area contributed by atoms with Crippen LogP contribution in [0.25, 0.3) is 108 Å². The maximum absolute atomic E-state index is 14.4. The fourth-order valence-electron chi connectivity index (χ4n) is 9.70. The molecule has 232 valence electrons. The predicted molar refractivity (Wildman–Crippen MR) is 215 cm³/mol. The van der Waals surface area contributed by atoms with E-state index in [0.717, 1.165) is 21.5 Å². The molecule has 0 fully saturated rings. The number of aromatic nitrogens is 1. The first kappa shape index (κ1) is 27.4. The third-order valence-corrected chi connectivity index (χ3v) is 16.0. The molecule has 0 amide bonds. The Balaban J connectivity index is 1.52. The monoisotopic (exact) mass is 653 g/mol. The van der Waals surface area contributed by atoms with Crippen LogP contribution in [0.4, 0.5) is 0 Å². The molecule has 11 aromatic rings. The molecule has 5 heteroatoms. The van der Waals surface area contributed by atoms with Crippen LogP contribution < -0.4 is 21.5 Å². The number of hydrogen-bond donors (Lipinski definition) is 0. The van der Waals surface area contributed by atoms with E-state index in [1.165, 1.54) is 90.3 Å². The zero-order valence-electron chi connectivity index (χ0n) is 28.6. The Morgan fingerprint density at radius 1 is 0.417 bits per heavy atom. The van der Waals surface area contributed by atoms with Crippen molar-refractivity contribution in [2.24, 2.45) is 0 Å². The third-order valence-electron chi connectivity index (χ3n) is 11.9. The summed E-state index contributed by atoms with van der Waals surface area (Å²) < 4.78 is 1.49. The molecule has 0 saturated carbocycles. The summed E-state index contributed by atoms with van der Waals surface area (Å²) in [5, 5.41) is 26.1. The number of rotatable bonds is 3. The molecule has 1 heterocycles. The number of nitrogens with zero attached hydrogens (tertiary/aromatic N) is 1. The Labute approximate surface area is 278 Å². The molecule has 48 heavy (non-hydrogen) atoms. The van der Waals surface area contributed by atoms with Crippen molar-refractivity contribution in [1.82, 2.24) is 4.57 Å². The molecule has 0 atom stereocenters. The van der Waals surface area contributed by atoms with Gasteiger partial charge in [0.05, 0.1) is 26.9 Å². The lowest BCUT2D eigenvalue weighted by molar-refractivity contribution is 0.574. The Morgan fingerprint density at radius 3 is 1.23 bits per heavy atom. The van der Waals surface area contributed by atoms with Crippen LogP contribution in [0.15, 0.2) is 70.3 Å². The maximum Gasteiger partial charge on any atom is 0.262 e. The van der Waals surface area contributed by atoms with E-state index in [0.29, 0.717) is 10.8 Å². The van der Waals surface area contributed by atoms with Gasteiger partial charge in [-0.05, 0) is 135 Å². The van der Waals surface area contributed by atoms with E-state index in [1.807, 2.05) is 13.8 Å². The van der Waals surface area contributed by atoms with Crippen molar-refractivity contribution >= 4 is 134 Å². The van der Waals surface area contributed by atoms with Gasteiger partial charge in [0.2, 0.25) is 0 Å². The smallest absolute Gasteiger partial charge is 0.262 e. The summed E-state index contributed by atoms with van der Waals surface area (Å²) in [5.41, 5.74) is -0.321. The molecule has 0 aliphatic rings. The Bertz CT molecular complexity index is 3090. The fourth-order valence-corrected chi connectivity index (χ4v) is 12.0. The lowest BCUT2D eigenvalue weighted by Crippen LogP contribution is -2.37. The van der Waals surface area contributed by atoms with Gasteiger partial charge in [-0.3, -0.25) is 14.2 Å². The van der Waals surface area contributed by atoms with Gasteiger partial charge in [-0.25, -0.2) is 0 Å². The quantitative estimate of drug-likeness (QED) is 0.141. The van der Waals surface area contributed by atoms with E-state index in [9.17, 15) is 9.59 Å². The number of benzene rings is 7. The van der Waals surface area contributed by atoms with Crippen LogP contribution in [0.3, 0.4) is 0 Å². The highest BCUT2D eigenvalue weighted by atomic mass is 28.3. The largest absolute Gasteiger partial charge is 0.272 e.